The zero-order valence-electron chi connectivity index (χ0n) is 12.8. The molecule has 1 atom stereocenters. The molecule has 6 heteroatoms. The first kappa shape index (κ1) is 14.6. The molecule has 22 heavy (non-hydrogen) atoms. The highest BCUT2D eigenvalue weighted by molar-refractivity contribution is 6.06. The number of hydrogen-bond acceptors (Lipinski definition) is 4. The highest BCUT2D eigenvalue weighted by Crippen LogP contribution is 2.31. The molecule has 6 nitrogen and oxygen atoms in total. The molecule has 0 saturated carbocycles. The van der Waals surface area contributed by atoms with Crippen LogP contribution in [0.25, 0.3) is 0 Å². The molecule has 0 radical (unpaired) electrons. The normalized spacial score (nSPS) is 20.5. The van der Waals surface area contributed by atoms with E-state index >= 15 is 0 Å². The van der Waals surface area contributed by atoms with Crippen LogP contribution in [0.15, 0.2) is 18.2 Å². The Morgan fingerprint density at radius 1 is 1.36 bits per heavy atom. The maximum absolute atomic E-state index is 12.1. The summed E-state index contributed by atoms with van der Waals surface area (Å²) in [6, 6.07) is 5.22. The lowest BCUT2D eigenvalue weighted by Crippen LogP contribution is -2.34. The van der Waals surface area contributed by atoms with Crippen LogP contribution < -0.4 is 10.2 Å². The second kappa shape index (κ2) is 5.44. The van der Waals surface area contributed by atoms with Crippen molar-refractivity contribution in [3.63, 3.8) is 0 Å². The largest absolute Gasteiger partial charge is 0.373 e. The Morgan fingerprint density at radius 3 is 2.77 bits per heavy atom. The van der Waals surface area contributed by atoms with Crippen LogP contribution in [0.4, 0.5) is 11.4 Å². The van der Waals surface area contributed by atoms with E-state index in [0.717, 1.165) is 23.4 Å². The average molecular weight is 301 g/mol. The number of carbonyl (C=O) groups excluding carboxylic acids is 3. The summed E-state index contributed by atoms with van der Waals surface area (Å²) in [6.07, 6.45) is 1.01. The van der Waals surface area contributed by atoms with Gasteiger partial charge in [0.1, 0.15) is 6.04 Å². The van der Waals surface area contributed by atoms with Gasteiger partial charge in [-0.3, -0.25) is 19.3 Å². The second-order valence-corrected chi connectivity index (χ2v) is 5.64. The van der Waals surface area contributed by atoms with Crippen LogP contribution in [0.5, 0.6) is 0 Å². The fraction of sp³-hybridized carbons (Fsp3) is 0.438. The van der Waals surface area contributed by atoms with Gasteiger partial charge in [0.25, 0.3) is 5.91 Å². The number of rotatable bonds is 3. The predicted octanol–water partition coefficient (Wildman–Crippen LogP) is 1.15. The summed E-state index contributed by atoms with van der Waals surface area (Å²) in [5.41, 5.74) is 2.83. The molecule has 2 aliphatic heterocycles. The molecule has 0 unspecified atom stereocenters. The molecule has 0 spiro atoms. The second-order valence-electron chi connectivity index (χ2n) is 5.64. The summed E-state index contributed by atoms with van der Waals surface area (Å²) in [6.45, 7) is 4.46. The smallest absolute Gasteiger partial charge is 0.252 e. The lowest BCUT2D eigenvalue weighted by molar-refractivity contribution is -0.138. The van der Waals surface area contributed by atoms with E-state index in [4.69, 9.17) is 0 Å². The minimum Gasteiger partial charge on any atom is -0.373 e. The maximum atomic E-state index is 12.1. The molecule has 3 rings (SSSR count). The SMILES string of the molecule is CCN1C(=O)C[C@@H](Nc2ccc3c(c2)CCN3C(C)=O)C1=O. The van der Waals surface area contributed by atoms with E-state index in [2.05, 4.69) is 5.32 Å². The average Bonchev–Trinajstić information content (AvgIpc) is 3.00. The van der Waals surface area contributed by atoms with Gasteiger partial charge >= 0.3 is 0 Å². The lowest BCUT2D eigenvalue weighted by atomic mass is 10.1. The van der Waals surface area contributed by atoms with Gasteiger partial charge in [-0.15, -0.1) is 0 Å². The zero-order valence-corrected chi connectivity index (χ0v) is 12.8. The van der Waals surface area contributed by atoms with E-state index in [0.29, 0.717) is 13.1 Å². The highest BCUT2D eigenvalue weighted by Gasteiger charge is 2.37. The van der Waals surface area contributed by atoms with E-state index < -0.39 is 6.04 Å². The van der Waals surface area contributed by atoms with Crippen molar-refractivity contribution in [3.8, 4) is 0 Å². The van der Waals surface area contributed by atoms with Crippen molar-refractivity contribution in [1.29, 1.82) is 0 Å². The first-order valence-electron chi connectivity index (χ1n) is 7.53. The Balaban J connectivity index is 1.77. The van der Waals surface area contributed by atoms with E-state index in [1.54, 1.807) is 18.7 Å². The Hall–Kier alpha value is -2.37. The molecule has 3 amide bonds. The molecular weight excluding hydrogens is 282 g/mol. The highest BCUT2D eigenvalue weighted by atomic mass is 16.2. The van der Waals surface area contributed by atoms with Gasteiger partial charge in [0, 0.05) is 31.4 Å². The molecule has 1 saturated heterocycles. The van der Waals surface area contributed by atoms with Crippen LogP contribution in [0.2, 0.25) is 0 Å². The summed E-state index contributed by atoms with van der Waals surface area (Å²) in [4.78, 5) is 38.4. The van der Waals surface area contributed by atoms with Gasteiger partial charge in [0.2, 0.25) is 11.8 Å². The van der Waals surface area contributed by atoms with Gasteiger partial charge < -0.3 is 10.2 Å². The number of likely N-dealkylation sites (tertiary alicyclic amines) is 1. The van der Waals surface area contributed by atoms with Crippen molar-refractivity contribution in [1.82, 2.24) is 4.90 Å². The number of nitrogens with zero attached hydrogens (tertiary/aromatic N) is 2. The number of imide groups is 1. The third-order valence-corrected chi connectivity index (χ3v) is 4.26. The summed E-state index contributed by atoms with van der Waals surface area (Å²) < 4.78 is 0. The van der Waals surface area contributed by atoms with E-state index in [1.165, 1.54) is 4.90 Å². The summed E-state index contributed by atoms with van der Waals surface area (Å²) in [5, 5.41) is 3.14. The molecule has 1 aromatic rings. The summed E-state index contributed by atoms with van der Waals surface area (Å²) in [7, 11) is 0. The fourth-order valence-corrected chi connectivity index (χ4v) is 3.15. The topological polar surface area (TPSA) is 69.7 Å². The van der Waals surface area contributed by atoms with E-state index in [1.807, 2.05) is 18.2 Å². The van der Waals surface area contributed by atoms with Crippen molar-refractivity contribution in [2.75, 3.05) is 23.3 Å². The number of benzene rings is 1. The van der Waals surface area contributed by atoms with Crippen LogP contribution in [0.1, 0.15) is 25.8 Å². The Kier molecular flexibility index (Phi) is 3.60. The molecule has 2 aliphatic rings. The van der Waals surface area contributed by atoms with E-state index in [-0.39, 0.29) is 24.1 Å². The van der Waals surface area contributed by atoms with Crippen molar-refractivity contribution in [3.05, 3.63) is 23.8 Å². The molecule has 0 aliphatic carbocycles. The van der Waals surface area contributed by atoms with Crippen molar-refractivity contribution in [2.24, 2.45) is 0 Å². The number of likely N-dealkylation sites (N-methyl/N-ethyl adjacent to an activating group) is 1. The molecule has 0 bridgehead atoms. The molecule has 1 fully saturated rings. The lowest BCUT2D eigenvalue weighted by Gasteiger charge is -2.17. The fourth-order valence-electron chi connectivity index (χ4n) is 3.15. The molecular formula is C16H19N3O3. The van der Waals surface area contributed by atoms with Gasteiger partial charge in [-0.1, -0.05) is 0 Å². The van der Waals surface area contributed by atoms with Gasteiger partial charge in [0.15, 0.2) is 0 Å². The Labute approximate surface area is 129 Å². The van der Waals surface area contributed by atoms with Gasteiger partial charge in [0.05, 0.1) is 6.42 Å². The van der Waals surface area contributed by atoms with Crippen LogP contribution in [0, 0.1) is 0 Å². The third kappa shape index (κ3) is 2.34. The first-order chi connectivity index (χ1) is 10.5. The standard InChI is InChI=1S/C16H19N3O3/c1-3-18-15(21)9-13(16(18)22)17-12-4-5-14-11(8-12)6-7-19(14)10(2)20/h4-5,8,13,17H,3,6-7,9H2,1-2H3/t13-/m1/s1. The number of nitrogens with one attached hydrogen (secondary N) is 1. The zero-order chi connectivity index (χ0) is 15.9. The molecule has 1 N–H and O–H groups in total. The van der Waals surface area contributed by atoms with Crippen LogP contribution in [-0.2, 0) is 20.8 Å². The summed E-state index contributed by atoms with van der Waals surface area (Å²) >= 11 is 0. The number of carbonyl (C=O) groups is 3. The van der Waals surface area contributed by atoms with Crippen molar-refractivity contribution in [2.45, 2.75) is 32.7 Å². The van der Waals surface area contributed by atoms with Gasteiger partial charge in [-0.05, 0) is 37.1 Å². The number of amides is 3. The minimum atomic E-state index is -0.490. The predicted molar refractivity (Wildman–Crippen MR) is 82.6 cm³/mol. The molecule has 116 valence electrons. The Morgan fingerprint density at radius 2 is 2.14 bits per heavy atom. The Bertz CT molecular complexity index is 656. The third-order valence-electron chi connectivity index (χ3n) is 4.26. The number of fused-ring (bicyclic) bond motifs is 1. The van der Waals surface area contributed by atoms with Crippen LogP contribution >= 0.6 is 0 Å². The van der Waals surface area contributed by atoms with Crippen molar-refractivity contribution < 1.29 is 14.4 Å². The van der Waals surface area contributed by atoms with Gasteiger partial charge in [-0.2, -0.15) is 0 Å². The number of hydrogen-bond donors (Lipinski definition) is 1. The maximum Gasteiger partial charge on any atom is 0.252 e. The number of anilines is 2. The quantitative estimate of drug-likeness (QED) is 0.851. The molecule has 2 heterocycles. The molecule has 1 aromatic carbocycles. The van der Waals surface area contributed by atoms with Gasteiger partial charge in [-0.25, -0.2) is 0 Å². The summed E-state index contributed by atoms with van der Waals surface area (Å²) in [5.74, 6) is -0.262. The van der Waals surface area contributed by atoms with Crippen molar-refractivity contribution >= 4 is 29.1 Å². The first-order valence-corrected chi connectivity index (χ1v) is 7.53. The molecule has 0 aromatic heterocycles. The van der Waals surface area contributed by atoms with Crippen LogP contribution in [-0.4, -0.2) is 41.8 Å². The minimum absolute atomic E-state index is 0.0367. The van der Waals surface area contributed by atoms with E-state index in [9.17, 15) is 14.4 Å². The monoisotopic (exact) mass is 301 g/mol. The van der Waals surface area contributed by atoms with Crippen LogP contribution in [0.3, 0.4) is 0 Å².